The van der Waals surface area contributed by atoms with Crippen molar-refractivity contribution < 1.29 is 19.1 Å². The number of nitrogens with one attached hydrogen (secondary N) is 1. The summed E-state index contributed by atoms with van der Waals surface area (Å²) in [7, 11) is 1.35. The third-order valence-electron chi connectivity index (χ3n) is 2.15. The second kappa shape index (κ2) is 7.74. The van der Waals surface area contributed by atoms with Crippen LogP contribution in [0.3, 0.4) is 0 Å². The molecule has 0 aromatic carbocycles. The molecule has 0 fully saturated rings. The Morgan fingerprint density at radius 2 is 2.00 bits per heavy atom. The summed E-state index contributed by atoms with van der Waals surface area (Å²) in [5, 5.41) is 2.63. The van der Waals surface area contributed by atoms with Crippen molar-refractivity contribution in [2.75, 3.05) is 13.7 Å². The highest BCUT2D eigenvalue weighted by molar-refractivity contribution is 5.74. The van der Waals surface area contributed by atoms with Gasteiger partial charge >= 0.3 is 12.1 Å². The minimum absolute atomic E-state index is 0.303. The van der Waals surface area contributed by atoms with Crippen LogP contribution < -0.4 is 5.32 Å². The van der Waals surface area contributed by atoms with Crippen molar-refractivity contribution >= 4 is 12.1 Å². The van der Waals surface area contributed by atoms with Crippen LogP contribution in [0.4, 0.5) is 4.79 Å². The molecule has 0 bridgehead atoms. The quantitative estimate of drug-likeness (QED) is 0.450. The van der Waals surface area contributed by atoms with E-state index < -0.39 is 11.7 Å². The molecule has 0 heterocycles. The fraction of sp³-hybridized carbons (Fsp3) is 0.692. The molecule has 5 nitrogen and oxygen atoms in total. The van der Waals surface area contributed by atoms with Gasteiger partial charge in [0.05, 0.1) is 13.0 Å². The molecule has 0 aliphatic rings. The lowest BCUT2D eigenvalue weighted by atomic mass is 10.0. The minimum atomic E-state index is -0.500. The van der Waals surface area contributed by atoms with Crippen LogP contribution in [0.2, 0.25) is 0 Å². The Kier molecular flexibility index (Phi) is 7.08. The van der Waals surface area contributed by atoms with E-state index in [1.54, 1.807) is 26.8 Å². The fourth-order valence-electron chi connectivity index (χ4n) is 1.31. The molecule has 0 saturated carbocycles. The van der Waals surface area contributed by atoms with Crippen molar-refractivity contribution in [1.29, 1.82) is 0 Å². The van der Waals surface area contributed by atoms with E-state index in [-0.39, 0.29) is 11.9 Å². The molecule has 0 aromatic rings. The Labute approximate surface area is 109 Å². The van der Waals surface area contributed by atoms with Gasteiger partial charge in [0.25, 0.3) is 0 Å². The first kappa shape index (κ1) is 16.5. The highest BCUT2D eigenvalue weighted by Crippen LogP contribution is 2.09. The van der Waals surface area contributed by atoms with E-state index in [1.165, 1.54) is 7.11 Å². The first-order chi connectivity index (χ1) is 8.30. The molecule has 18 heavy (non-hydrogen) atoms. The predicted octanol–water partition coefficient (Wildman–Crippen LogP) is 2.27. The van der Waals surface area contributed by atoms with Gasteiger partial charge in [-0.2, -0.15) is 0 Å². The number of ether oxygens (including phenoxy) is 2. The number of carbonyl (C=O) groups excluding carboxylic acids is 2. The topological polar surface area (TPSA) is 64.6 Å². The first-order valence-corrected chi connectivity index (χ1v) is 5.97. The van der Waals surface area contributed by atoms with Gasteiger partial charge in [-0.1, -0.05) is 6.08 Å². The number of carbonyl (C=O) groups is 2. The zero-order valence-corrected chi connectivity index (χ0v) is 11.6. The van der Waals surface area contributed by atoms with Crippen LogP contribution in [0.1, 0.15) is 33.6 Å². The van der Waals surface area contributed by atoms with Gasteiger partial charge in [0.1, 0.15) is 5.60 Å². The molecule has 0 spiro atoms. The van der Waals surface area contributed by atoms with Crippen LogP contribution in [0.25, 0.3) is 0 Å². The van der Waals surface area contributed by atoms with Crippen molar-refractivity contribution in [3.63, 3.8) is 0 Å². The first-order valence-electron chi connectivity index (χ1n) is 5.97. The zero-order chi connectivity index (χ0) is 14.2. The molecule has 0 unspecified atom stereocenters. The number of alkyl carbamates (subject to hydrolysis) is 1. The Morgan fingerprint density at radius 1 is 1.39 bits per heavy atom. The van der Waals surface area contributed by atoms with Crippen LogP contribution in [0.5, 0.6) is 0 Å². The number of esters is 1. The summed E-state index contributed by atoms with van der Waals surface area (Å²) in [6.07, 6.45) is 2.35. The second-order valence-corrected chi connectivity index (χ2v) is 4.94. The molecule has 0 saturated heterocycles. The molecule has 0 aromatic heterocycles. The standard InChI is InChI=1S/C13H23NO4/c1-6-10(11(15)17-5)8-7-9-14-12(16)18-13(2,3)4/h6,10H,1,7-9H2,2-5H3,(H,14,16)/t10-/m0/s1. The second-order valence-electron chi connectivity index (χ2n) is 4.94. The summed E-state index contributed by atoms with van der Waals surface area (Å²) in [4.78, 5) is 22.6. The van der Waals surface area contributed by atoms with Crippen molar-refractivity contribution in [3.05, 3.63) is 12.7 Å². The molecule has 104 valence electrons. The van der Waals surface area contributed by atoms with Gasteiger partial charge in [0.2, 0.25) is 0 Å². The van der Waals surface area contributed by atoms with Gasteiger partial charge in [0.15, 0.2) is 0 Å². The van der Waals surface area contributed by atoms with E-state index in [2.05, 4.69) is 16.6 Å². The number of hydrogen-bond acceptors (Lipinski definition) is 4. The fourth-order valence-corrected chi connectivity index (χ4v) is 1.31. The van der Waals surface area contributed by atoms with Crippen LogP contribution in [0, 0.1) is 5.92 Å². The summed E-state index contributed by atoms with van der Waals surface area (Å²) in [5.41, 5.74) is -0.500. The number of hydrogen-bond donors (Lipinski definition) is 1. The van der Waals surface area contributed by atoms with Crippen molar-refractivity contribution in [3.8, 4) is 0 Å². The molecular formula is C13H23NO4. The lowest BCUT2D eigenvalue weighted by Gasteiger charge is -2.19. The minimum Gasteiger partial charge on any atom is -0.469 e. The van der Waals surface area contributed by atoms with Gasteiger partial charge in [-0.05, 0) is 33.6 Å². The van der Waals surface area contributed by atoms with E-state index in [0.29, 0.717) is 19.4 Å². The predicted molar refractivity (Wildman–Crippen MR) is 69.2 cm³/mol. The van der Waals surface area contributed by atoms with Gasteiger partial charge in [-0.3, -0.25) is 4.79 Å². The Hall–Kier alpha value is -1.52. The monoisotopic (exact) mass is 257 g/mol. The van der Waals surface area contributed by atoms with E-state index in [4.69, 9.17) is 4.74 Å². The zero-order valence-electron chi connectivity index (χ0n) is 11.6. The molecule has 5 heteroatoms. The van der Waals surface area contributed by atoms with Crippen molar-refractivity contribution in [2.24, 2.45) is 5.92 Å². The molecule has 0 aliphatic heterocycles. The Bertz CT molecular complexity index is 294. The summed E-state index contributed by atoms with van der Waals surface area (Å²) < 4.78 is 9.70. The molecule has 1 amide bonds. The van der Waals surface area contributed by atoms with Crippen LogP contribution >= 0.6 is 0 Å². The van der Waals surface area contributed by atoms with Crippen molar-refractivity contribution in [1.82, 2.24) is 5.32 Å². The van der Waals surface area contributed by atoms with Crippen LogP contribution in [-0.2, 0) is 14.3 Å². The van der Waals surface area contributed by atoms with Gasteiger partial charge in [-0.15, -0.1) is 6.58 Å². The Morgan fingerprint density at radius 3 is 2.44 bits per heavy atom. The number of amides is 1. The third kappa shape index (κ3) is 7.70. The normalized spacial score (nSPS) is 12.4. The maximum absolute atomic E-state index is 11.3. The summed E-state index contributed by atoms with van der Waals surface area (Å²) in [5.74, 6) is -0.627. The molecule has 0 rings (SSSR count). The third-order valence-corrected chi connectivity index (χ3v) is 2.15. The summed E-state index contributed by atoms with van der Waals surface area (Å²) >= 11 is 0. The van der Waals surface area contributed by atoms with E-state index >= 15 is 0 Å². The van der Waals surface area contributed by atoms with Gasteiger partial charge in [-0.25, -0.2) is 4.79 Å². The number of methoxy groups -OCH3 is 1. The van der Waals surface area contributed by atoms with Crippen molar-refractivity contribution in [2.45, 2.75) is 39.2 Å². The highest BCUT2D eigenvalue weighted by Gasteiger charge is 2.17. The van der Waals surface area contributed by atoms with Crippen LogP contribution in [-0.4, -0.2) is 31.3 Å². The lowest BCUT2D eigenvalue weighted by Crippen LogP contribution is -2.33. The summed E-state index contributed by atoms with van der Waals surface area (Å²) in [6, 6.07) is 0. The molecule has 0 radical (unpaired) electrons. The van der Waals surface area contributed by atoms with Gasteiger partial charge in [0, 0.05) is 6.54 Å². The smallest absolute Gasteiger partial charge is 0.407 e. The summed E-state index contributed by atoms with van der Waals surface area (Å²) in [6.45, 7) is 9.44. The Balaban J connectivity index is 3.82. The average molecular weight is 257 g/mol. The van der Waals surface area contributed by atoms with Gasteiger partial charge < -0.3 is 14.8 Å². The molecule has 0 aliphatic carbocycles. The van der Waals surface area contributed by atoms with Crippen LogP contribution in [0.15, 0.2) is 12.7 Å². The molecular weight excluding hydrogens is 234 g/mol. The largest absolute Gasteiger partial charge is 0.469 e. The average Bonchev–Trinajstić information content (AvgIpc) is 2.26. The molecule has 1 N–H and O–H groups in total. The highest BCUT2D eigenvalue weighted by atomic mass is 16.6. The van der Waals surface area contributed by atoms with E-state index in [1.807, 2.05) is 0 Å². The SMILES string of the molecule is C=C[C@@H](CCCNC(=O)OC(C)(C)C)C(=O)OC. The van der Waals surface area contributed by atoms with E-state index in [9.17, 15) is 9.59 Å². The maximum Gasteiger partial charge on any atom is 0.407 e. The number of rotatable bonds is 6. The lowest BCUT2D eigenvalue weighted by molar-refractivity contribution is -0.143. The van der Waals surface area contributed by atoms with E-state index in [0.717, 1.165) is 0 Å². The molecule has 1 atom stereocenters. The maximum atomic E-state index is 11.3.